The van der Waals surface area contributed by atoms with E-state index < -0.39 is 4.92 Å². The summed E-state index contributed by atoms with van der Waals surface area (Å²) >= 11 is 1.26. The van der Waals surface area contributed by atoms with Crippen molar-refractivity contribution < 1.29 is 9.72 Å². The van der Waals surface area contributed by atoms with Crippen LogP contribution in [0.1, 0.15) is 22.5 Å². The Kier molecular flexibility index (Phi) is 5.97. The van der Waals surface area contributed by atoms with Crippen molar-refractivity contribution in [3.63, 3.8) is 0 Å². The smallest absolute Gasteiger partial charge is 0.274 e. The maximum Gasteiger partial charge on any atom is 0.274 e. The summed E-state index contributed by atoms with van der Waals surface area (Å²) < 4.78 is 1.93. The van der Waals surface area contributed by atoms with Gasteiger partial charge in [0, 0.05) is 17.3 Å². The normalized spacial score (nSPS) is 10.8. The number of hydrogen-bond acceptors (Lipinski definition) is 6. The molecule has 2 aromatic carbocycles. The minimum Gasteiger partial charge on any atom is -0.325 e. The van der Waals surface area contributed by atoms with Crippen molar-refractivity contribution >= 4 is 29.0 Å². The number of carbonyl (C=O) groups excluding carboxylic acids is 1. The summed E-state index contributed by atoms with van der Waals surface area (Å²) in [5, 5.41) is 22.7. The summed E-state index contributed by atoms with van der Waals surface area (Å²) in [5.74, 6) is 0.557. The number of carbonyl (C=O) groups is 1. The second kappa shape index (κ2) is 8.44. The van der Waals surface area contributed by atoms with Gasteiger partial charge in [0.25, 0.3) is 5.69 Å². The molecule has 1 N–H and O–H groups in total. The predicted octanol–water partition coefficient (Wildman–Crippen LogP) is 4.14. The van der Waals surface area contributed by atoms with Crippen LogP contribution in [0.5, 0.6) is 0 Å². The molecule has 3 aromatic rings. The van der Waals surface area contributed by atoms with Crippen LogP contribution < -0.4 is 5.32 Å². The van der Waals surface area contributed by atoms with Crippen molar-refractivity contribution in [2.45, 2.75) is 32.9 Å². The van der Waals surface area contributed by atoms with Crippen LogP contribution >= 0.6 is 11.8 Å². The van der Waals surface area contributed by atoms with E-state index in [1.807, 2.05) is 37.5 Å². The molecule has 1 amide bonds. The van der Waals surface area contributed by atoms with Gasteiger partial charge >= 0.3 is 0 Å². The zero-order valence-corrected chi connectivity index (χ0v) is 17.4. The van der Waals surface area contributed by atoms with Crippen molar-refractivity contribution in [2.24, 2.45) is 0 Å². The number of aromatic nitrogens is 3. The number of thioether (sulfide) groups is 1. The van der Waals surface area contributed by atoms with E-state index in [-0.39, 0.29) is 17.3 Å². The largest absolute Gasteiger partial charge is 0.325 e. The first-order valence-electron chi connectivity index (χ1n) is 8.93. The van der Waals surface area contributed by atoms with Crippen molar-refractivity contribution in [1.29, 1.82) is 0 Å². The minimum atomic E-state index is -0.463. The monoisotopic (exact) mass is 411 g/mol. The highest BCUT2D eigenvalue weighted by atomic mass is 32.2. The number of rotatable bonds is 6. The molecule has 0 fully saturated rings. The number of aryl methyl sites for hydroxylation is 4. The predicted molar refractivity (Wildman–Crippen MR) is 113 cm³/mol. The van der Waals surface area contributed by atoms with Gasteiger partial charge in [0.2, 0.25) is 5.91 Å². The molecular formula is C20H21N5O3S. The summed E-state index contributed by atoms with van der Waals surface area (Å²) in [4.78, 5) is 23.0. The van der Waals surface area contributed by atoms with Crippen molar-refractivity contribution in [3.05, 3.63) is 69.0 Å². The summed E-state index contributed by atoms with van der Waals surface area (Å²) in [6.45, 7) is 7.55. The molecule has 0 aliphatic rings. The summed E-state index contributed by atoms with van der Waals surface area (Å²) in [5.41, 5.74) is 4.08. The van der Waals surface area contributed by atoms with E-state index in [0.717, 1.165) is 22.6 Å². The summed E-state index contributed by atoms with van der Waals surface area (Å²) in [6, 6.07) is 10.8. The highest BCUT2D eigenvalue weighted by molar-refractivity contribution is 7.99. The number of nitro groups is 1. The Bertz CT molecular complexity index is 1090. The Balaban J connectivity index is 1.74. The molecule has 9 heteroatoms. The van der Waals surface area contributed by atoms with E-state index in [9.17, 15) is 14.9 Å². The number of anilines is 1. The third-order valence-corrected chi connectivity index (χ3v) is 5.35. The standard InChI is InChI=1S/C20H21N5O3S/c1-12-5-6-13(2)17(9-12)24-15(4)22-23-20(24)29-11-19(26)21-16-8-7-14(3)18(10-16)25(27)28/h5-10H,11H2,1-4H3,(H,21,26). The van der Waals surface area contributed by atoms with Gasteiger partial charge in [0.15, 0.2) is 5.16 Å². The lowest BCUT2D eigenvalue weighted by Gasteiger charge is -2.12. The van der Waals surface area contributed by atoms with Crippen molar-refractivity contribution in [3.8, 4) is 5.69 Å². The molecule has 0 saturated heterocycles. The fourth-order valence-corrected chi connectivity index (χ4v) is 3.68. The first-order chi connectivity index (χ1) is 13.8. The lowest BCUT2D eigenvalue weighted by molar-refractivity contribution is -0.385. The molecule has 0 radical (unpaired) electrons. The minimum absolute atomic E-state index is 0.0271. The molecule has 150 valence electrons. The van der Waals surface area contributed by atoms with Gasteiger partial charge < -0.3 is 5.32 Å². The average Bonchev–Trinajstić information content (AvgIpc) is 3.03. The zero-order chi connectivity index (χ0) is 21.1. The van der Waals surface area contributed by atoms with Gasteiger partial charge in [-0.1, -0.05) is 30.0 Å². The quantitative estimate of drug-likeness (QED) is 0.371. The van der Waals surface area contributed by atoms with E-state index in [1.165, 1.54) is 17.8 Å². The topological polar surface area (TPSA) is 103 Å². The number of nitro benzene ring substituents is 1. The van der Waals surface area contributed by atoms with Crippen molar-refractivity contribution in [2.75, 3.05) is 11.1 Å². The van der Waals surface area contributed by atoms with E-state index in [4.69, 9.17) is 0 Å². The van der Waals surface area contributed by atoms with Gasteiger partial charge in [0.1, 0.15) is 5.82 Å². The first kappa shape index (κ1) is 20.5. The number of nitrogens with one attached hydrogen (secondary N) is 1. The van der Waals surface area contributed by atoms with Crippen LogP contribution in [0.25, 0.3) is 5.69 Å². The average molecular weight is 411 g/mol. The molecular weight excluding hydrogens is 390 g/mol. The van der Waals surface area contributed by atoms with Gasteiger partial charge in [-0.15, -0.1) is 10.2 Å². The van der Waals surface area contributed by atoms with Crippen LogP contribution in [-0.4, -0.2) is 31.3 Å². The third kappa shape index (κ3) is 4.62. The van der Waals surface area contributed by atoms with Crippen LogP contribution in [0, 0.1) is 37.8 Å². The van der Waals surface area contributed by atoms with Gasteiger partial charge in [0.05, 0.1) is 16.4 Å². The Labute approximate surface area is 172 Å². The number of benzene rings is 2. The fraction of sp³-hybridized carbons (Fsp3) is 0.250. The molecule has 0 unspecified atom stereocenters. The highest BCUT2D eigenvalue weighted by Crippen LogP contribution is 2.26. The maximum atomic E-state index is 12.4. The molecule has 0 aliphatic carbocycles. The van der Waals surface area contributed by atoms with Crippen LogP contribution in [-0.2, 0) is 4.79 Å². The molecule has 0 atom stereocenters. The zero-order valence-electron chi connectivity index (χ0n) is 16.6. The first-order valence-corrected chi connectivity index (χ1v) is 9.92. The van der Waals surface area contributed by atoms with Crippen LogP contribution in [0.4, 0.5) is 11.4 Å². The molecule has 0 spiro atoms. The summed E-state index contributed by atoms with van der Waals surface area (Å²) in [6.07, 6.45) is 0. The molecule has 3 rings (SSSR count). The molecule has 1 aromatic heterocycles. The van der Waals surface area contributed by atoms with E-state index in [2.05, 4.69) is 21.6 Å². The van der Waals surface area contributed by atoms with Crippen LogP contribution in [0.2, 0.25) is 0 Å². The number of hydrogen-bond donors (Lipinski definition) is 1. The lowest BCUT2D eigenvalue weighted by Crippen LogP contribution is -2.15. The van der Waals surface area contributed by atoms with E-state index in [0.29, 0.717) is 16.4 Å². The maximum absolute atomic E-state index is 12.4. The Morgan fingerprint density at radius 2 is 1.83 bits per heavy atom. The van der Waals surface area contributed by atoms with E-state index >= 15 is 0 Å². The van der Waals surface area contributed by atoms with Gasteiger partial charge in [-0.3, -0.25) is 19.5 Å². The molecule has 0 aliphatic heterocycles. The van der Waals surface area contributed by atoms with E-state index in [1.54, 1.807) is 19.1 Å². The molecule has 0 saturated carbocycles. The van der Waals surface area contributed by atoms with Gasteiger partial charge in [-0.2, -0.15) is 0 Å². The third-order valence-electron chi connectivity index (χ3n) is 4.42. The Morgan fingerprint density at radius 1 is 1.10 bits per heavy atom. The fourth-order valence-electron chi connectivity index (χ4n) is 2.89. The highest BCUT2D eigenvalue weighted by Gasteiger charge is 2.16. The SMILES string of the molecule is Cc1ccc(C)c(-n2c(C)nnc2SCC(=O)Nc2ccc(C)c([N+](=O)[O-])c2)c1. The van der Waals surface area contributed by atoms with Crippen LogP contribution in [0.15, 0.2) is 41.6 Å². The second-order valence-electron chi connectivity index (χ2n) is 6.75. The van der Waals surface area contributed by atoms with Gasteiger partial charge in [-0.05, 0) is 51.0 Å². The van der Waals surface area contributed by atoms with Crippen LogP contribution in [0.3, 0.4) is 0 Å². The Hall–Kier alpha value is -3.20. The molecule has 0 bridgehead atoms. The Morgan fingerprint density at radius 3 is 2.55 bits per heavy atom. The van der Waals surface area contributed by atoms with Crippen molar-refractivity contribution in [1.82, 2.24) is 14.8 Å². The van der Waals surface area contributed by atoms with Gasteiger partial charge in [-0.25, -0.2) is 0 Å². The summed E-state index contributed by atoms with van der Waals surface area (Å²) in [7, 11) is 0. The molecule has 29 heavy (non-hydrogen) atoms. The number of nitrogens with zero attached hydrogens (tertiary/aromatic N) is 4. The lowest BCUT2D eigenvalue weighted by atomic mass is 10.1. The molecule has 1 heterocycles. The molecule has 8 nitrogen and oxygen atoms in total. The second-order valence-corrected chi connectivity index (χ2v) is 7.69. The number of amides is 1.